The second-order valence-electron chi connectivity index (χ2n) is 9.26. The molecule has 2 aromatic carbocycles. The quantitative estimate of drug-likeness (QED) is 0.520. The van der Waals surface area contributed by atoms with Gasteiger partial charge in [-0.05, 0) is 29.8 Å². The van der Waals surface area contributed by atoms with E-state index in [0.29, 0.717) is 76.1 Å². The van der Waals surface area contributed by atoms with Gasteiger partial charge in [0.25, 0.3) is 5.56 Å². The van der Waals surface area contributed by atoms with Gasteiger partial charge in [-0.15, -0.1) is 0 Å². The first-order valence-corrected chi connectivity index (χ1v) is 12.6. The standard InChI is InChI=1S/C27H29N5O5/c33-25(17-20-6-7-23-24(16-20)37-19-36-23)30-10-8-29(9-11-30)22-18-28-32(21-4-2-1-3-5-21)27(34)26(22)31-12-14-35-15-13-31/h1-7,16,18H,8-15,17,19H2. The summed E-state index contributed by atoms with van der Waals surface area (Å²) in [6, 6.07) is 15.1. The number of ether oxygens (including phenoxy) is 3. The smallest absolute Gasteiger partial charge is 0.297 e. The Morgan fingerprint density at radius 3 is 2.41 bits per heavy atom. The lowest BCUT2D eigenvalue weighted by atomic mass is 10.1. The van der Waals surface area contributed by atoms with Gasteiger partial charge < -0.3 is 28.9 Å². The molecule has 3 aliphatic heterocycles. The number of carbonyl (C=O) groups is 1. The number of para-hydroxylation sites is 1. The molecule has 3 aliphatic rings. The first kappa shape index (κ1) is 23.4. The van der Waals surface area contributed by atoms with E-state index in [4.69, 9.17) is 14.2 Å². The van der Waals surface area contributed by atoms with Crippen molar-refractivity contribution in [3.05, 3.63) is 70.6 Å². The van der Waals surface area contributed by atoms with Crippen LogP contribution in [0, 0.1) is 0 Å². The number of anilines is 2. The van der Waals surface area contributed by atoms with Crippen molar-refractivity contribution in [2.75, 3.05) is 69.1 Å². The number of nitrogens with zero attached hydrogens (tertiary/aromatic N) is 5. The van der Waals surface area contributed by atoms with Crippen LogP contribution in [-0.4, -0.2) is 79.9 Å². The zero-order valence-electron chi connectivity index (χ0n) is 20.5. The van der Waals surface area contributed by atoms with E-state index in [0.717, 1.165) is 16.9 Å². The van der Waals surface area contributed by atoms with Crippen LogP contribution in [0.15, 0.2) is 59.5 Å². The van der Waals surface area contributed by atoms with Crippen molar-refractivity contribution in [2.45, 2.75) is 6.42 Å². The summed E-state index contributed by atoms with van der Waals surface area (Å²) in [5, 5.41) is 4.52. The third-order valence-electron chi connectivity index (χ3n) is 7.03. The molecule has 192 valence electrons. The van der Waals surface area contributed by atoms with Crippen molar-refractivity contribution in [1.82, 2.24) is 14.7 Å². The molecule has 0 N–H and O–H groups in total. The molecule has 0 unspecified atom stereocenters. The van der Waals surface area contributed by atoms with E-state index in [9.17, 15) is 9.59 Å². The Hall–Kier alpha value is -4.05. The van der Waals surface area contributed by atoms with Crippen molar-refractivity contribution in [3.8, 4) is 17.2 Å². The SMILES string of the molecule is O=C(Cc1ccc2c(c1)OCO2)N1CCN(c2cnn(-c3ccccc3)c(=O)c2N2CCOCC2)CC1. The van der Waals surface area contributed by atoms with Crippen LogP contribution in [0.25, 0.3) is 5.69 Å². The van der Waals surface area contributed by atoms with Gasteiger partial charge >= 0.3 is 0 Å². The second-order valence-corrected chi connectivity index (χ2v) is 9.26. The van der Waals surface area contributed by atoms with Crippen molar-refractivity contribution in [1.29, 1.82) is 0 Å². The Balaban J connectivity index is 1.19. The fraction of sp³-hybridized carbons (Fsp3) is 0.370. The number of carbonyl (C=O) groups excluding carboxylic acids is 1. The Morgan fingerprint density at radius 1 is 0.865 bits per heavy atom. The third-order valence-corrected chi connectivity index (χ3v) is 7.03. The van der Waals surface area contributed by atoms with Gasteiger partial charge in [-0.3, -0.25) is 9.59 Å². The van der Waals surface area contributed by atoms with Gasteiger partial charge in [0, 0.05) is 39.3 Å². The molecule has 0 spiro atoms. The predicted molar refractivity (Wildman–Crippen MR) is 138 cm³/mol. The molecule has 4 heterocycles. The maximum atomic E-state index is 13.7. The molecule has 3 aromatic rings. The van der Waals surface area contributed by atoms with Gasteiger partial charge in [0.15, 0.2) is 11.5 Å². The van der Waals surface area contributed by atoms with Crippen LogP contribution in [0.1, 0.15) is 5.56 Å². The second kappa shape index (κ2) is 10.1. The molecule has 0 bridgehead atoms. The first-order chi connectivity index (χ1) is 18.2. The highest BCUT2D eigenvalue weighted by Crippen LogP contribution is 2.33. The molecule has 6 rings (SSSR count). The van der Waals surface area contributed by atoms with E-state index in [1.54, 1.807) is 6.20 Å². The highest BCUT2D eigenvalue weighted by molar-refractivity contribution is 5.79. The number of hydrogen-bond acceptors (Lipinski definition) is 8. The Kier molecular flexibility index (Phi) is 6.40. The van der Waals surface area contributed by atoms with Crippen LogP contribution in [-0.2, 0) is 16.0 Å². The fourth-order valence-electron chi connectivity index (χ4n) is 5.04. The number of aromatic nitrogens is 2. The van der Waals surface area contributed by atoms with Crippen LogP contribution in [0.3, 0.4) is 0 Å². The summed E-state index contributed by atoms with van der Waals surface area (Å²) in [7, 11) is 0. The van der Waals surface area contributed by atoms with Gasteiger partial charge in [0.2, 0.25) is 12.7 Å². The summed E-state index contributed by atoms with van der Waals surface area (Å²) in [5.74, 6) is 1.47. The molecule has 2 fully saturated rings. The number of morpholine rings is 1. The molecule has 1 aromatic heterocycles. The summed E-state index contributed by atoms with van der Waals surface area (Å²) in [5.41, 5.74) is 2.93. The number of rotatable bonds is 5. The molecule has 2 saturated heterocycles. The lowest BCUT2D eigenvalue weighted by Crippen LogP contribution is -2.50. The van der Waals surface area contributed by atoms with Crippen LogP contribution in [0.2, 0.25) is 0 Å². The van der Waals surface area contributed by atoms with Gasteiger partial charge in [-0.2, -0.15) is 9.78 Å². The monoisotopic (exact) mass is 503 g/mol. The maximum Gasteiger partial charge on any atom is 0.297 e. The minimum Gasteiger partial charge on any atom is -0.454 e. The molecule has 10 heteroatoms. The first-order valence-electron chi connectivity index (χ1n) is 12.6. The number of fused-ring (bicyclic) bond motifs is 1. The molecular weight excluding hydrogens is 474 g/mol. The Morgan fingerprint density at radius 2 is 1.62 bits per heavy atom. The topological polar surface area (TPSA) is 89.4 Å². The van der Waals surface area contributed by atoms with E-state index in [1.807, 2.05) is 53.4 Å². The normalized spacial score (nSPS) is 17.2. The average Bonchev–Trinajstić information content (AvgIpc) is 3.42. The van der Waals surface area contributed by atoms with Gasteiger partial charge in [0.1, 0.15) is 5.69 Å². The zero-order valence-corrected chi connectivity index (χ0v) is 20.5. The molecular formula is C27H29N5O5. The van der Waals surface area contributed by atoms with Crippen LogP contribution < -0.4 is 24.8 Å². The lowest BCUT2D eigenvalue weighted by molar-refractivity contribution is -0.130. The summed E-state index contributed by atoms with van der Waals surface area (Å²) < 4.78 is 17.8. The average molecular weight is 504 g/mol. The predicted octanol–water partition coefficient (Wildman–Crippen LogP) is 1.69. The largest absolute Gasteiger partial charge is 0.454 e. The highest BCUT2D eigenvalue weighted by Gasteiger charge is 2.28. The van der Waals surface area contributed by atoms with E-state index in [-0.39, 0.29) is 18.3 Å². The number of piperazine rings is 1. The molecule has 0 radical (unpaired) electrons. The number of amides is 1. The summed E-state index contributed by atoms with van der Waals surface area (Å²) in [4.78, 5) is 32.9. The van der Waals surface area contributed by atoms with Gasteiger partial charge in [0.05, 0.1) is 37.2 Å². The molecule has 37 heavy (non-hydrogen) atoms. The van der Waals surface area contributed by atoms with E-state index in [1.165, 1.54) is 4.68 Å². The summed E-state index contributed by atoms with van der Waals surface area (Å²) in [6.07, 6.45) is 2.09. The van der Waals surface area contributed by atoms with Crippen molar-refractivity contribution in [2.24, 2.45) is 0 Å². The zero-order chi connectivity index (χ0) is 25.2. The van der Waals surface area contributed by atoms with Crippen LogP contribution in [0.5, 0.6) is 11.5 Å². The van der Waals surface area contributed by atoms with E-state index < -0.39 is 0 Å². The molecule has 10 nitrogen and oxygen atoms in total. The van der Waals surface area contributed by atoms with E-state index in [2.05, 4.69) is 14.9 Å². The molecule has 1 amide bonds. The van der Waals surface area contributed by atoms with E-state index >= 15 is 0 Å². The molecule has 0 saturated carbocycles. The third kappa shape index (κ3) is 4.72. The summed E-state index contributed by atoms with van der Waals surface area (Å²) >= 11 is 0. The molecule has 0 aliphatic carbocycles. The van der Waals surface area contributed by atoms with Crippen molar-refractivity contribution >= 4 is 17.3 Å². The lowest BCUT2D eigenvalue weighted by Gasteiger charge is -2.38. The number of benzene rings is 2. The van der Waals surface area contributed by atoms with Gasteiger partial charge in [-0.1, -0.05) is 24.3 Å². The van der Waals surface area contributed by atoms with Crippen molar-refractivity contribution < 1.29 is 19.0 Å². The molecule has 0 atom stereocenters. The minimum atomic E-state index is -0.146. The van der Waals surface area contributed by atoms with Crippen LogP contribution in [0.4, 0.5) is 11.4 Å². The van der Waals surface area contributed by atoms with Gasteiger partial charge in [-0.25, -0.2) is 0 Å². The highest BCUT2D eigenvalue weighted by atomic mass is 16.7. The Labute approximate surface area is 214 Å². The summed E-state index contributed by atoms with van der Waals surface area (Å²) in [6.45, 7) is 5.07. The number of hydrogen-bond donors (Lipinski definition) is 0. The minimum absolute atomic E-state index is 0.0736. The maximum absolute atomic E-state index is 13.7. The van der Waals surface area contributed by atoms with Crippen LogP contribution >= 0.6 is 0 Å². The fourth-order valence-corrected chi connectivity index (χ4v) is 5.04. The van der Waals surface area contributed by atoms with Crippen molar-refractivity contribution in [3.63, 3.8) is 0 Å². The Bertz CT molecular complexity index is 1330.